The van der Waals surface area contributed by atoms with Crippen LogP contribution in [0.4, 0.5) is 5.82 Å². The van der Waals surface area contributed by atoms with Crippen LogP contribution in [0.2, 0.25) is 0 Å². The van der Waals surface area contributed by atoms with Crippen LogP contribution < -0.4 is 10.6 Å². The number of nitrogens with zero attached hydrogens (tertiary/aromatic N) is 3. The van der Waals surface area contributed by atoms with Crippen LogP contribution in [-0.4, -0.2) is 46.8 Å². The molecule has 0 saturated heterocycles. The van der Waals surface area contributed by atoms with E-state index in [9.17, 15) is 4.79 Å². The first-order valence-corrected chi connectivity index (χ1v) is 9.23. The smallest absolute Gasteiger partial charge is 0.258 e. The Bertz CT molecular complexity index is 996. The van der Waals surface area contributed by atoms with Crippen molar-refractivity contribution in [3.63, 3.8) is 0 Å². The Morgan fingerprint density at radius 2 is 1.96 bits per heavy atom. The van der Waals surface area contributed by atoms with Gasteiger partial charge in [0, 0.05) is 30.8 Å². The average molecular weight is 376 g/mol. The number of carbonyl (C=O) groups excluding carboxylic acids is 1. The predicted molar refractivity (Wildman–Crippen MR) is 113 cm³/mol. The van der Waals surface area contributed by atoms with Crippen molar-refractivity contribution in [1.29, 1.82) is 0 Å². The van der Waals surface area contributed by atoms with Gasteiger partial charge in [-0.25, -0.2) is 9.56 Å². The number of amides is 1. The highest BCUT2D eigenvalue weighted by atomic mass is 16.1. The highest BCUT2D eigenvalue weighted by Crippen LogP contribution is 2.23. The topological polar surface area (TPSA) is 69.9 Å². The van der Waals surface area contributed by atoms with Gasteiger partial charge in [-0.1, -0.05) is 12.1 Å². The molecule has 0 atom stereocenters. The molecular weight excluding hydrogens is 350 g/mol. The molecule has 0 unspecified atom stereocenters. The monoisotopic (exact) mass is 376 g/mol. The minimum atomic E-state index is -0.197. The van der Waals surface area contributed by atoms with Crippen LogP contribution in [0.3, 0.4) is 0 Å². The van der Waals surface area contributed by atoms with Crippen molar-refractivity contribution < 1.29 is 9.37 Å². The van der Waals surface area contributed by atoms with E-state index in [1.165, 1.54) is 5.71 Å². The van der Waals surface area contributed by atoms with Gasteiger partial charge < -0.3 is 10.6 Å². The molecule has 28 heavy (non-hydrogen) atoms. The van der Waals surface area contributed by atoms with Crippen LogP contribution in [0, 0.1) is 6.92 Å². The summed E-state index contributed by atoms with van der Waals surface area (Å²) >= 11 is 0. The first-order chi connectivity index (χ1) is 13.4. The third-order valence-electron chi connectivity index (χ3n) is 4.94. The third kappa shape index (κ3) is 4.17. The summed E-state index contributed by atoms with van der Waals surface area (Å²) in [5.74, 6) is 0.232. The van der Waals surface area contributed by atoms with Crippen molar-refractivity contribution in [3.05, 3.63) is 65.1 Å². The Morgan fingerprint density at radius 3 is 2.61 bits per heavy atom. The first-order valence-electron chi connectivity index (χ1n) is 9.23. The number of carbonyl (C=O) groups is 1. The average Bonchev–Trinajstić information content (AvgIpc) is 2.68. The molecule has 1 amide bonds. The van der Waals surface area contributed by atoms with Gasteiger partial charge in [0.05, 0.1) is 23.7 Å². The molecule has 2 heterocycles. The summed E-state index contributed by atoms with van der Waals surface area (Å²) < 4.78 is 2.09. The lowest BCUT2D eigenvalue weighted by Crippen LogP contribution is -2.22. The van der Waals surface area contributed by atoms with Gasteiger partial charge in [-0.15, -0.1) is 0 Å². The van der Waals surface area contributed by atoms with Gasteiger partial charge in [-0.3, -0.25) is 9.78 Å². The zero-order chi connectivity index (χ0) is 20.3. The molecule has 144 valence electrons. The molecule has 0 fully saturated rings. The van der Waals surface area contributed by atoms with Crippen molar-refractivity contribution >= 4 is 17.4 Å². The Hall–Kier alpha value is -3.28. The Morgan fingerprint density at radius 1 is 1.18 bits per heavy atom. The molecule has 1 aromatic heterocycles. The maximum absolute atomic E-state index is 12.4. The molecule has 0 bridgehead atoms. The lowest BCUT2D eigenvalue weighted by Gasteiger charge is -2.13. The third-order valence-corrected chi connectivity index (χ3v) is 4.94. The molecule has 2 N–H and O–H groups in total. The summed E-state index contributed by atoms with van der Waals surface area (Å²) in [7, 11) is 4.06. The summed E-state index contributed by atoms with van der Waals surface area (Å²) in [5, 5.41) is 5.86. The van der Waals surface area contributed by atoms with Gasteiger partial charge in [-0.05, 0) is 37.1 Å². The molecule has 1 aromatic carbocycles. The molecular formula is C22H26N5O+. The number of rotatable bonds is 4. The van der Waals surface area contributed by atoms with Crippen molar-refractivity contribution in [2.45, 2.75) is 20.8 Å². The van der Waals surface area contributed by atoms with E-state index in [1.807, 2.05) is 27.1 Å². The first kappa shape index (κ1) is 19.5. The van der Waals surface area contributed by atoms with E-state index in [4.69, 9.17) is 0 Å². The molecule has 2 aromatic rings. The van der Waals surface area contributed by atoms with Crippen LogP contribution in [0.15, 0.2) is 54.0 Å². The lowest BCUT2D eigenvalue weighted by molar-refractivity contribution is -0.464. The lowest BCUT2D eigenvalue weighted by atomic mass is 10.0. The van der Waals surface area contributed by atoms with Crippen molar-refractivity contribution in [1.82, 2.24) is 15.3 Å². The van der Waals surface area contributed by atoms with Crippen molar-refractivity contribution in [2.75, 3.05) is 26.0 Å². The van der Waals surface area contributed by atoms with E-state index < -0.39 is 0 Å². The predicted octanol–water partition coefficient (Wildman–Crippen LogP) is 2.91. The van der Waals surface area contributed by atoms with E-state index in [2.05, 4.69) is 57.2 Å². The van der Waals surface area contributed by atoms with E-state index in [0.29, 0.717) is 11.4 Å². The second kappa shape index (κ2) is 8.17. The molecule has 0 saturated carbocycles. The van der Waals surface area contributed by atoms with Crippen LogP contribution in [-0.2, 0) is 4.79 Å². The summed E-state index contributed by atoms with van der Waals surface area (Å²) in [6.45, 7) is 6.80. The van der Waals surface area contributed by atoms with E-state index >= 15 is 0 Å². The number of benzene rings is 1. The summed E-state index contributed by atoms with van der Waals surface area (Å²) in [4.78, 5) is 21.3. The van der Waals surface area contributed by atoms with Gasteiger partial charge in [0.15, 0.2) is 11.5 Å². The molecule has 6 heteroatoms. The summed E-state index contributed by atoms with van der Waals surface area (Å²) in [5.41, 5.74) is 6.80. The Kier molecular flexibility index (Phi) is 5.68. The quantitative estimate of drug-likeness (QED) is 0.636. The minimum Gasteiger partial charge on any atom is -0.387 e. The zero-order valence-electron chi connectivity index (χ0n) is 17.0. The molecule has 1 aliphatic rings. The molecule has 0 spiro atoms. The Labute approximate surface area is 165 Å². The number of aryl methyl sites for hydroxylation is 1. The fourth-order valence-electron chi connectivity index (χ4n) is 2.94. The van der Waals surface area contributed by atoms with Gasteiger partial charge in [0.2, 0.25) is 0 Å². The normalized spacial score (nSPS) is 13.2. The second-order valence-corrected chi connectivity index (χ2v) is 7.10. The van der Waals surface area contributed by atoms with Gasteiger partial charge >= 0.3 is 0 Å². The second-order valence-electron chi connectivity index (χ2n) is 7.10. The fraction of sp³-hybridized carbons (Fsp3) is 0.273. The largest absolute Gasteiger partial charge is 0.387 e. The van der Waals surface area contributed by atoms with Gasteiger partial charge in [0.1, 0.15) is 14.1 Å². The van der Waals surface area contributed by atoms with Crippen LogP contribution in [0.25, 0.3) is 11.3 Å². The van der Waals surface area contributed by atoms with Crippen LogP contribution in [0.5, 0.6) is 0 Å². The van der Waals surface area contributed by atoms with Crippen LogP contribution >= 0.6 is 0 Å². The van der Waals surface area contributed by atoms with E-state index in [1.54, 1.807) is 18.6 Å². The minimum absolute atomic E-state index is 0.197. The molecule has 0 aliphatic carbocycles. The number of dihydropyridines is 1. The van der Waals surface area contributed by atoms with E-state index in [0.717, 1.165) is 34.5 Å². The molecule has 1 aliphatic heterocycles. The fourth-order valence-corrected chi connectivity index (χ4v) is 2.94. The van der Waals surface area contributed by atoms with Gasteiger partial charge in [0.25, 0.3) is 5.91 Å². The van der Waals surface area contributed by atoms with Gasteiger partial charge in [-0.2, -0.15) is 0 Å². The number of nitrogens with one attached hydrogen (secondary N) is 2. The maximum atomic E-state index is 12.4. The summed E-state index contributed by atoms with van der Waals surface area (Å²) in [6, 6.07) is 6.32. The number of hydrogen-bond donors (Lipinski definition) is 2. The molecule has 3 rings (SSSR count). The van der Waals surface area contributed by atoms with Crippen molar-refractivity contribution in [2.24, 2.45) is 0 Å². The number of aromatic nitrogens is 2. The molecule has 6 nitrogen and oxygen atoms in total. The number of anilines is 1. The highest BCUT2D eigenvalue weighted by Gasteiger charge is 2.15. The van der Waals surface area contributed by atoms with Crippen molar-refractivity contribution in [3.8, 4) is 11.3 Å². The number of hydrogen-bond acceptors (Lipinski definition) is 4. The maximum Gasteiger partial charge on any atom is 0.258 e. The van der Waals surface area contributed by atoms with E-state index in [-0.39, 0.29) is 5.91 Å². The zero-order valence-corrected chi connectivity index (χ0v) is 17.0. The Balaban J connectivity index is 1.82. The molecule has 0 radical (unpaired) electrons. The summed E-state index contributed by atoms with van der Waals surface area (Å²) in [6.07, 6.45) is 7.00. The SMILES string of the molecule is CC1=CCNC=C1C(=O)Nc1cnc(-c2cc(C(C)=[N+](C)C)ccc2C)cn1. The highest BCUT2D eigenvalue weighted by molar-refractivity contribution is 6.06. The van der Waals surface area contributed by atoms with Crippen LogP contribution in [0.1, 0.15) is 25.0 Å². The standard InChI is InChI=1S/C22H25N5O/c1-14-6-7-17(16(3)27(4)5)10-18(14)20-12-25-21(13-24-20)26-22(28)19-11-23-9-8-15(19)2/h6-8,10-13H,9H2,1-5H3,(H-,23,25,26,28)/p+1.